The first-order valence-corrected chi connectivity index (χ1v) is 8.64. The highest BCUT2D eigenvalue weighted by Gasteiger charge is 2.14. The van der Waals surface area contributed by atoms with E-state index in [1.165, 1.54) is 11.3 Å². The van der Waals surface area contributed by atoms with Crippen LogP contribution in [0.3, 0.4) is 0 Å². The van der Waals surface area contributed by atoms with Crippen LogP contribution in [0.25, 0.3) is 0 Å². The lowest BCUT2D eigenvalue weighted by Gasteiger charge is -2.13. The second-order valence-electron chi connectivity index (χ2n) is 5.62. The largest absolute Gasteiger partial charge is 0.326 e. The number of nitrogens with one attached hydrogen (secondary N) is 3. The van der Waals surface area contributed by atoms with Crippen LogP contribution < -0.4 is 16.0 Å². The van der Waals surface area contributed by atoms with E-state index < -0.39 is 6.04 Å². The zero-order valence-electron chi connectivity index (χ0n) is 14.1. The number of anilines is 2. The highest BCUT2D eigenvalue weighted by Crippen LogP contribution is 2.16. The number of rotatable bonds is 7. The molecular weight excluding hydrogens is 324 g/mol. The standard InChI is InChI=1S/C17H22N4O2S/c1-11-4-5-12(2)14(10-11)20-15(22)6-7-18-13(3)16(23)21-17-19-8-9-24-17/h4-5,8-10,13,18H,6-7H2,1-3H3,(H,20,22)(H,19,21,23)/t13-/m1/s1. The summed E-state index contributed by atoms with van der Waals surface area (Å²) in [4.78, 5) is 28.0. The van der Waals surface area contributed by atoms with Crippen molar-refractivity contribution < 1.29 is 9.59 Å². The minimum absolute atomic E-state index is 0.0799. The van der Waals surface area contributed by atoms with Gasteiger partial charge in [0.1, 0.15) is 0 Å². The number of carbonyl (C=O) groups excluding carboxylic acids is 2. The molecule has 0 radical (unpaired) electrons. The number of hydrogen-bond donors (Lipinski definition) is 3. The fourth-order valence-electron chi connectivity index (χ4n) is 2.08. The zero-order chi connectivity index (χ0) is 17.5. The summed E-state index contributed by atoms with van der Waals surface area (Å²) in [5.41, 5.74) is 2.95. The molecule has 6 nitrogen and oxygen atoms in total. The van der Waals surface area contributed by atoms with Gasteiger partial charge in [-0.25, -0.2) is 4.98 Å². The molecule has 2 rings (SSSR count). The zero-order valence-corrected chi connectivity index (χ0v) is 14.9. The van der Waals surface area contributed by atoms with Gasteiger partial charge in [-0.05, 0) is 38.0 Å². The third-order valence-corrected chi connectivity index (χ3v) is 4.21. The summed E-state index contributed by atoms with van der Waals surface area (Å²) in [5, 5.41) is 11.0. The van der Waals surface area contributed by atoms with Crippen LogP contribution in [-0.2, 0) is 9.59 Å². The number of aromatic nitrogens is 1. The van der Waals surface area contributed by atoms with Crippen LogP contribution in [0.5, 0.6) is 0 Å². The molecule has 0 aliphatic rings. The Morgan fingerprint density at radius 2 is 2.04 bits per heavy atom. The van der Waals surface area contributed by atoms with Crippen molar-refractivity contribution >= 4 is 34.0 Å². The summed E-state index contributed by atoms with van der Waals surface area (Å²) < 4.78 is 0. The molecule has 0 bridgehead atoms. The summed E-state index contributed by atoms with van der Waals surface area (Å²) in [5.74, 6) is -0.247. The average Bonchev–Trinajstić information content (AvgIpc) is 3.03. The normalized spacial score (nSPS) is 11.8. The van der Waals surface area contributed by atoms with Gasteiger partial charge in [-0.15, -0.1) is 11.3 Å². The van der Waals surface area contributed by atoms with E-state index in [9.17, 15) is 9.59 Å². The van der Waals surface area contributed by atoms with Gasteiger partial charge in [-0.1, -0.05) is 12.1 Å². The molecule has 0 spiro atoms. The van der Waals surface area contributed by atoms with Gasteiger partial charge in [-0.3, -0.25) is 9.59 Å². The van der Waals surface area contributed by atoms with Crippen LogP contribution >= 0.6 is 11.3 Å². The number of hydrogen-bond acceptors (Lipinski definition) is 5. The Labute approximate surface area is 145 Å². The number of benzene rings is 1. The number of amides is 2. The average molecular weight is 346 g/mol. The lowest BCUT2D eigenvalue weighted by atomic mass is 10.1. The minimum Gasteiger partial charge on any atom is -0.326 e. The lowest BCUT2D eigenvalue weighted by molar-refractivity contribution is -0.119. The van der Waals surface area contributed by atoms with Crippen molar-refractivity contribution in [3.05, 3.63) is 40.9 Å². The Balaban J connectivity index is 1.73. The molecule has 1 aromatic carbocycles. The maximum absolute atomic E-state index is 12.0. The minimum atomic E-state index is -0.401. The van der Waals surface area contributed by atoms with Gasteiger partial charge in [0.25, 0.3) is 0 Å². The Kier molecular flexibility index (Phi) is 6.45. The maximum atomic E-state index is 12.0. The van der Waals surface area contributed by atoms with E-state index in [-0.39, 0.29) is 11.8 Å². The van der Waals surface area contributed by atoms with Gasteiger partial charge in [0.2, 0.25) is 11.8 Å². The quantitative estimate of drug-likeness (QED) is 0.720. The maximum Gasteiger partial charge on any atom is 0.243 e. The number of thiazole rings is 1. The summed E-state index contributed by atoms with van der Waals surface area (Å²) in [6.07, 6.45) is 1.93. The molecule has 1 heterocycles. The predicted molar refractivity (Wildman–Crippen MR) is 97.4 cm³/mol. The Morgan fingerprint density at radius 3 is 2.75 bits per heavy atom. The lowest BCUT2D eigenvalue weighted by Crippen LogP contribution is -2.39. The van der Waals surface area contributed by atoms with Crippen LogP contribution in [0.4, 0.5) is 10.8 Å². The Morgan fingerprint density at radius 1 is 1.25 bits per heavy atom. The van der Waals surface area contributed by atoms with Crippen LogP contribution in [0, 0.1) is 13.8 Å². The summed E-state index contributed by atoms with van der Waals surface area (Å²) >= 11 is 1.37. The highest BCUT2D eigenvalue weighted by molar-refractivity contribution is 7.13. The fourth-order valence-corrected chi connectivity index (χ4v) is 2.61. The van der Waals surface area contributed by atoms with Gasteiger partial charge in [0, 0.05) is 30.2 Å². The van der Waals surface area contributed by atoms with Crippen molar-refractivity contribution in [2.24, 2.45) is 0 Å². The molecule has 2 aromatic rings. The second-order valence-corrected chi connectivity index (χ2v) is 6.51. The van der Waals surface area contributed by atoms with E-state index in [0.717, 1.165) is 16.8 Å². The summed E-state index contributed by atoms with van der Waals surface area (Å²) in [7, 11) is 0. The second kappa shape index (κ2) is 8.56. The Bertz CT molecular complexity index is 701. The number of carbonyl (C=O) groups is 2. The first kappa shape index (κ1) is 18.1. The van der Waals surface area contributed by atoms with Crippen LogP contribution in [0.2, 0.25) is 0 Å². The number of aryl methyl sites for hydroxylation is 2. The van der Waals surface area contributed by atoms with Crippen molar-refractivity contribution in [3.8, 4) is 0 Å². The van der Waals surface area contributed by atoms with E-state index in [2.05, 4.69) is 20.9 Å². The molecule has 1 atom stereocenters. The van der Waals surface area contributed by atoms with Crippen molar-refractivity contribution in [2.45, 2.75) is 33.2 Å². The van der Waals surface area contributed by atoms with Crippen molar-refractivity contribution in [3.63, 3.8) is 0 Å². The topological polar surface area (TPSA) is 83.1 Å². The van der Waals surface area contributed by atoms with Crippen molar-refractivity contribution in [1.82, 2.24) is 10.3 Å². The smallest absolute Gasteiger partial charge is 0.243 e. The molecule has 128 valence electrons. The monoisotopic (exact) mass is 346 g/mol. The molecule has 2 amide bonds. The molecule has 0 fully saturated rings. The molecule has 0 saturated heterocycles. The van der Waals surface area contributed by atoms with E-state index in [1.54, 1.807) is 18.5 Å². The van der Waals surface area contributed by atoms with Gasteiger partial charge < -0.3 is 16.0 Å². The van der Waals surface area contributed by atoms with Crippen molar-refractivity contribution in [2.75, 3.05) is 17.2 Å². The van der Waals surface area contributed by atoms with E-state index >= 15 is 0 Å². The number of nitrogens with zero attached hydrogens (tertiary/aromatic N) is 1. The third-order valence-electron chi connectivity index (χ3n) is 3.53. The predicted octanol–water partition coefficient (Wildman–Crippen LogP) is 2.71. The van der Waals surface area contributed by atoms with Gasteiger partial charge >= 0.3 is 0 Å². The van der Waals surface area contributed by atoms with Gasteiger partial charge in [0.05, 0.1) is 6.04 Å². The van der Waals surface area contributed by atoms with Crippen LogP contribution in [-0.4, -0.2) is 29.4 Å². The van der Waals surface area contributed by atoms with E-state index in [0.29, 0.717) is 18.1 Å². The molecule has 24 heavy (non-hydrogen) atoms. The molecule has 0 unspecified atom stereocenters. The molecular formula is C17H22N4O2S. The molecule has 3 N–H and O–H groups in total. The SMILES string of the molecule is Cc1ccc(C)c(NC(=O)CCN[C@H](C)C(=O)Nc2nccs2)c1. The fraction of sp³-hybridized carbons (Fsp3) is 0.353. The third kappa shape index (κ3) is 5.43. The first-order valence-electron chi connectivity index (χ1n) is 7.76. The Hall–Kier alpha value is -2.25. The van der Waals surface area contributed by atoms with Gasteiger partial charge in [0.15, 0.2) is 5.13 Å². The van der Waals surface area contributed by atoms with Crippen molar-refractivity contribution in [1.29, 1.82) is 0 Å². The summed E-state index contributed by atoms with van der Waals surface area (Å²) in [6.45, 7) is 6.12. The van der Waals surface area contributed by atoms with Crippen LogP contribution in [0.1, 0.15) is 24.5 Å². The van der Waals surface area contributed by atoms with E-state index in [1.807, 2.05) is 32.0 Å². The van der Waals surface area contributed by atoms with Crippen LogP contribution in [0.15, 0.2) is 29.8 Å². The molecule has 0 saturated carbocycles. The van der Waals surface area contributed by atoms with Gasteiger partial charge in [-0.2, -0.15) is 0 Å². The molecule has 0 aliphatic carbocycles. The summed E-state index contributed by atoms with van der Waals surface area (Å²) in [6, 6.07) is 5.54. The van der Waals surface area contributed by atoms with E-state index in [4.69, 9.17) is 0 Å². The highest BCUT2D eigenvalue weighted by atomic mass is 32.1. The molecule has 0 aliphatic heterocycles. The molecule has 1 aromatic heterocycles. The molecule has 7 heteroatoms. The first-order chi connectivity index (χ1) is 11.5.